The van der Waals surface area contributed by atoms with Gasteiger partial charge in [-0.2, -0.15) is 13.2 Å². The van der Waals surface area contributed by atoms with Gasteiger partial charge < -0.3 is 15.2 Å². The van der Waals surface area contributed by atoms with Crippen molar-refractivity contribution in [3.8, 4) is 0 Å². The van der Waals surface area contributed by atoms with Crippen molar-refractivity contribution < 1.29 is 18.0 Å². The van der Waals surface area contributed by atoms with Crippen LogP contribution in [0.3, 0.4) is 0 Å². The van der Waals surface area contributed by atoms with Crippen LogP contribution in [0.5, 0.6) is 0 Å². The van der Waals surface area contributed by atoms with E-state index in [2.05, 4.69) is 34.0 Å². The van der Waals surface area contributed by atoms with Gasteiger partial charge in [-0.05, 0) is 69.8 Å². The summed E-state index contributed by atoms with van der Waals surface area (Å²) < 4.78 is 41.1. The lowest BCUT2D eigenvalue weighted by atomic mass is 10.0. The van der Waals surface area contributed by atoms with Gasteiger partial charge in [-0.1, -0.05) is 0 Å². The molecular formula is C25H28F3N5O2. The molecule has 0 saturated carbocycles. The van der Waals surface area contributed by atoms with Gasteiger partial charge in [0, 0.05) is 43.0 Å². The van der Waals surface area contributed by atoms with Crippen LogP contribution in [0.25, 0.3) is 10.9 Å². The van der Waals surface area contributed by atoms with E-state index in [1.807, 2.05) is 11.9 Å². The number of aryl methyl sites for hydroxylation is 1. The highest BCUT2D eigenvalue weighted by atomic mass is 19.4. The summed E-state index contributed by atoms with van der Waals surface area (Å²) in [7, 11) is 2.05. The summed E-state index contributed by atoms with van der Waals surface area (Å²) >= 11 is 0. The number of aromatic nitrogens is 2. The summed E-state index contributed by atoms with van der Waals surface area (Å²) in [6, 6.07) is 9.31. The maximum atomic E-state index is 13.7. The Labute approximate surface area is 201 Å². The standard InChI is InChI=1S/C25H28F3N5O2/c1-14-12-33(13-15(2)32(14)4)24(35)17-5-7-19(8-6-17)29-11-18-9-20-22(10-21(18)25(26,27)28)30-16(3)31-23(20)34/h5-10,14-15,29H,11-13H2,1-4H3,(H,30,31,34). The number of hydrogen-bond acceptors (Lipinski definition) is 5. The number of nitrogens with zero attached hydrogens (tertiary/aromatic N) is 3. The predicted molar refractivity (Wildman–Crippen MR) is 128 cm³/mol. The van der Waals surface area contributed by atoms with Crippen molar-refractivity contribution in [2.45, 2.75) is 45.6 Å². The predicted octanol–water partition coefficient (Wildman–Crippen LogP) is 4.03. The zero-order valence-electron chi connectivity index (χ0n) is 20.0. The van der Waals surface area contributed by atoms with Gasteiger partial charge in [-0.15, -0.1) is 0 Å². The van der Waals surface area contributed by atoms with Crippen LogP contribution in [0.2, 0.25) is 0 Å². The van der Waals surface area contributed by atoms with Crippen LogP contribution < -0.4 is 10.9 Å². The van der Waals surface area contributed by atoms with Gasteiger partial charge in [0.2, 0.25) is 0 Å². The van der Waals surface area contributed by atoms with E-state index in [-0.39, 0.29) is 46.8 Å². The van der Waals surface area contributed by atoms with Crippen molar-refractivity contribution in [2.24, 2.45) is 0 Å². The molecule has 10 heteroatoms. The van der Waals surface area contributed by atoms with Crippen molar-refractivity contribution in [1.29, 1.82) is 0 Å². The van der Waals surface area contributed by atoms with Gasteiger partial charge in [-0.3, -0.25) is 14.5 Å². The van der Waals surface area contributed by atoms with E-state index in [1.165, 1.54) is 13.0 Å². The van der Waals surface area contributed by atoms with Crippen LogP contribution in [0.15, 0.2) is 41.2 Å². The Hall–Kier alpha value is -3.40. The Kier molecular flexibility index (Phi) is 6.59. The number of likely N-dealkylation sites (N-methyl/N-ethyl adjacent to an activating group) is 1. The number of amides is 1. The largest absolute Gasteiger partial charge is 0.416 e. The smallest absolute Gasteiger partial charge is 0.381 e. The first kappa shape index (κ1) is 24.7. The van der Waals surface area contributed by atoms with Crippen LogP contribution in [0.1, 0.15) is 41.2 Å². The van der Waals surface area contributed by atoms with E-state index >= 15 is 0 Å². The molecule has 4 rings (SSSR count). The molecule has 1 aliphatic rings. The number of hydrogen-bond donors (Lipinski definition) is 2. The van der Waals surface area contributed by atoms with E-state index in [1.54, 1.807) is 24.3 Å². The summed E-state index contributed by atoms with van der Waals surface area (Å²) in [5, 5.41) is 3.06. The van der Waals surface area contributed by atoms with Gasteiger partial charge in [-0.25, -0.2) is 4.98 Å². The molecule has 2 heterocycles. The molecule has 1 fully saturated rings. The zero-order chi connectivity index (χ0) is 25.5. The topological polar surface area (TPSA) is 81.3 Å². The number of halogens is 3. The number of benzene rings is 2. The molecule has 186 valence electrons. The highest BCUT2D eigenvalue weighted by Gasteiger charge is 2.34. The summed E-state index contributed by atoms with van der Waals surface area (Å²) in [5.74, 6) is 0.177. The molecule has 1 amide bonds. The van der Waals surface area contributed by atoms with Crippen LogP contribution in [-0.2, 0) is 12.7 Å². The molecule has 3 aromatic rings. The lowest BCUT2D eigenvalue weighted by molar-refractivity contribution is -0.138. The number of nitrogens with one attached hydrogen (secondary N) is 2. The maximum absolute atomic E-state index is 13.7. The average Bonchev–Trinajstić information content (AvgIpc) is 2.79. The number of anilines is 1. The minimum absolute atomic E-state index is 0.00210. The molecule has 2 atom stereocenters. The van der Waals surface area contributed by atoms with E-state index in [9.17, 15) is 22.8 Å². The van der Waals surface area contributed by atoms with E-state index in [0.717, 1.165) is 6.07 Å². The second kappa shape index (κ2) is 9.33. The minimum Gasteiger partial charge on any atom is -0.381 e. The van der Waals surface area contributed by atoms with Crippen LogP contribution >= 0.6 is 0 Å². The fraction of sp³-hybridized carbons (Fsp3) is 0.400. The molecule has 0 aliphatic carbocycles. The van der Waals surface area contributed by atoms with Crippen molar-refractivity contribution in [2.75, 3.05) is 25.5 Å². The first-order chi connectivity index (χ1) is 16.4. The number of carbonyl (C=O) groups is 1. The molecule has 0 bridgehead atoms. The lowest BCUT2D eigenvalue weighted by Gasteiger charge is -2.42. The molecular weight excluding hydrogens is 459 g/mol. The normalized spacial score (nSPS) is 19.2. The maximum Gasteiger partial charge on any atom is 0.416 e. The van der Waals surface area contributed by atoms with Crippen molar-refractivity contribution >= 4 is 22.5 Å². The molecule has 7 nitrogen and oxygen atoms in total. The van der Waals surface area contributed by atoms with Crippen LogP contribution in [0.4, 0.5) is 18.9 Å². The fourth-order valence-electron chi connectivity index (χ4n) is 4.44. The number of piperazine rings is 1. The summed E-state index contributed by atoms with van der Waals surface area (Å²) in [6.45, 7) is 6.79. The highest BCUT2D eigenvalue weighted by molar-refractivity contribution is 5.94. The number of aromatic amines is 1. The van der Waals surface area contributed by atoms with E-state index in [4.69, 9.17) is 0 Å². The third kappa shape index (κ3) is 5.17. The number of fused-ring (bicyclic) bond motifs is 1. The Morgan fingerprint density at radius 1 is 1.14 bits per heavy atom. The Morgan fingerprint density at radius 3 is 2.37 bits per heavy atom. The number of rotatable bonds is 4. The monoisotopic (exact) mass is 487 g/mol. The lowest BCUT2D eigenvalue weighted by Crippen LogP contribution is -2.56. The first-order valence-corrected chi connectivity index (χ1v) is 11.4. The SMILES string of the molecule is Cc1nc2cc(C(F)(F)F)c(CNc3ccc(C(=O)N4CC(C)N(C)C(C)C4)cc3)cc2c(=O)[nH]1. The van der Waals surface area contributed by atoms with E-state index < -0.39 is 17.3 Å². The van der Waals surface area contributed by atoms with Gasteiger partial charge in [0.05, 0.1) is 16.5 Å². The van der Waals surface area contributed by atoms with Crippen molar-refractivity contribution in [3.63, 3.8) is 0 Å². The molecule has 1 aromatic heterocycles. The molecule has 2 aromatic carbocycles. The molecule has 2 unspecified atom stereocenters. The second-order valence-electron chi connectivity index (χ2n) is 9.18. The molecule has 35 heavy (non-hydrogen) atoms. The molecule has 1 aliphatic heterocycles. The molecule has 1 saturated heterocycles. The fourth-order valence-corrected chi connectivity index (χ4v) is 4.44. The van der Waals surface area contributed by atoms with Gasteiger partial charge in [0.1, 0.15) is 5.82 Å². The van der Waals surface area contributed by atoms with Gasteiger partial charge >= 0.3 is 6.18 Å². The minimum atomic E-state index is -4.60. The van der Waals surface area contributed by atoms with Crippen molar-refractivity contribution in [3.05, 3.63) is 69.3 Å². The number of carbonyl (C=O) groups excluding carboxylic acids is 1. The van der Waals surface area contributed by atoms with Crippen LogP contribution in [0, 0.1) is 6.92 Å². The third-order valence-corrected chi connectivity index (χ3v) is 6.62. The van der Waals surface area contributed by atoms with Crippen LogP contribution in [-0.4, -0.2) is 57.9 Å². The molecule has 0 radical (unpaired) electrons. The Morgan fingerprint density at radius 2 is 1.77 bits per heavy atom. The zero-order valence-corrected chi connectivity index (χ0v) is 20.0. The summed E-state index contributed by atoms with van der Waals surface area (Å²) in [6.07, 6.45) is -4.60. The average molecular weight is 488 g/mol. The van der Waals surface area contributed by atoms with Gasteiger partial charge in [0.25, 0.3) is 11.5 Å². The molecule has 0 spiro atoms. The Balaban J connectivity index is 1.52. The molecule has 2 N–H and O–H groups in total. The summed E-state index contributed by atoms with van der Waals surface area (Å²) in [4.78, 5) is 35.8. The number of alkyl halides is 3. The Bertz CT molecular complexity index is 1290. The third-order valence-electron chi connectivity index (χ3n) is 6.62. The quantitative estimate of drug-likeness (QED) is 0.581. The first-order valence-electron chi connectivity index (χ1n) is 11.4. The van der Waals surface area contributed by atoms with Gasteiger partial charge in [0.15, 0.2) is 0 Å². The van der Waals surface area contributed by atoms with Crippen molar-refractivity contribution in [1.82, 2.24) is 19.8 Å². The second-order valence-corrected chi connectivity index (χ2v) is 9.18. The van der Waals surface area contributed by atoms with E-state index in [0.29, 0.717) is 24.3 Å². The highest BCUT2D eigenvalue weighted by Crippen LogP contribution is 2.34. The number of H-pyrrole nitrogens is 1. The summed E-state index contributed by atoms with van der Waals surface area (Å²) in [5.41, 5.74) is -0.322.